The zero-order chi connectivity index (χ0) is 8.36. The molecule has 0 unspecified atom stereocenters. The van der Waals surface area contributed by atoms with Gasteiger partial charge in [0.25, 0.3) is 0 Å². The molecule has 0 rings (SSSR count). The standard InChI is InChI=1S/C11H19.Li/c1-3-5-7-9-11-10-8-6-4-2;/h3,5,7,11H,1,4,6,8-10H2,2H3;/q-1;+1. The van der Waals surface area contributed by atoms with Crippen LogP contribution in [0.3, 0.4) is 0 Å². The number of hydrogen-bond acceptors (Lipinski definition) is 0. The SMILES string of the molecule is C=CC=CC[CH-]CCCCC.[Li+]. The first-order valence-corrected chi connectivity index (χ1v) is 4.51. The molecule has 0 amide bonds. The normalized spacial score (nSPS) is 9.75. The van der Waals surface area contributed by atoms with Crippen LogP contribution in [0.5, 0.6) is 0 Å². The Balaban J connectivity index is 0. The van der Waals surface area contributed by atoms with E-state index in [-0.39, 0.29) is 18.9 Å². The Hall–Kier alpha value is 0.0774. The van der Waals surface area contributed by atoms with E-state index in [1.807, 2.05) is 12.2 Å². The van der Waals surface area contributed by atoms with E-state index in [0.717, 1.165) is 6.42 Å². The Morgan fingerprint density at radius 3 is 2.67 bits per heavy atom. The van der Waals surface area contributed by atoms with Crippen LogP contribution in [0.4, 0.5) is 0 Å². The van der Waals surface area contributed by atoms with Crippen LogP contribution in [0.2, 0.25) is 0 Å². The van der Waals surface area contributed by atoms with Crippen LogP contribution in [0, 0.1) is 6.42 Å². The summed E-state index contributed by atoms with van der Waals surface area (Å²) in [6.45, 7) is 5.84. The molecule has 0 aliphatic heterocycles. The van der Waals surface area contributed by atoms with E-state index in [2.05, 4.69) is 26.0 Å². The minimum absolute atomic E-state index is 0. The van der Waals surface area contributed by atoms with E-state index < -0.39 is 0 Å². The van der Waals surface area contributed by atoms with Crippen molar-refractivity contribution in [2.24, 2.45) is 0 Å². The third kappa shape index (κ3) is 12.7. The number of unbranched alkanes of at least 4 members (excludes halogenated alkanes) is 5. The van der Waals surface area contributed by atoms with Crippen molar-refractivity contribution in [2.75, 3.05) is 0 Å². The van der Waals surface area contributed by atoms with E-state index in [4.69, 9.17) is 0 Å². The molecule has 64 valence electrons. The van der Waals surface area contributed by atoms with Gasteiger partial charge in [-0.05, 0) is 0 Å². The third-order valence-corrected chi connectivity index (χ3v) is 1.59. The summed E-state index contributed by atoms with van der Waals surface area (Å²) in [5.41, 5.74) is 0. The van der Waals surface area contributed by atoms with Gasteiger partial charge in [-0.15, -0.1) is 6.08 Å². The van der Waals surface area contributed by atoms with Crippen LogP contribution < -0.4 is 18.9 Å². The Morgan fingerprint density at radius 2 is 2.08 bits per heavy atom. The van der Waals surface area contributed by atoms with Crippen molar-refractivity contribution in [3.8, 4) is 0 Å². The number of rotatable bonds is 7. The molecule has 12 heavy (non-hydrogen) atoms. The molecule has 0 aromatic heterocycles. The molecule has 0 N–H and O–H groups in total. The van der Waals surface area contributed by atoms with Crippen LogP contribution in [-0.2, 0) is 0 Å². The minimum atomic E-state index is 0. The Bertz CT molecular complexity index is 106. The molecule has 0 saturated heterocycles. The monoisotopic (exact) mass is 158 g/mol. The molecule has 0 bridgehead atoms. The molecule has 0 aliphatic rings. The Morgan fingerprint density at radius 1 is 1.33 bits per heavy atom. The molecule has 0 aliphatic carbocycles. The molecule has 0 fully saturated rings. The number of hydrogen-bond donors (Lipinski definition) is 0. The van der Waals surface area contributed by atoms with Crippen molar-refractivity contribution in [3.63, 3.8) is 0 Å². The molecule has 0 spiro atoms. The van der Waals surface area contributed by atoms with Crippen molar-refractivity contribution in [2.45, 2.75) is 39.0 Å². The van der Waals surface area contributed by atoms with E-state index in [1.54, 1.807) is 0 Å². The fraction of sp³-hybridized carbons (Fsp3) is 0.545. The van der Waals surface area contributed by atoms with Gasteiger partial charge >= 0.3 is 18.9 Å². The van der Waals surface area contributed by atoms with Crippen LogP contribution in [0.25, 0.3) is 0 Å². The summed E-state index contributed by atoms with van der Waals surface area (Å²) >= 11 is 0. The zero-order valence-corrected chi connectivity index (χ0v) is 8.55. The average molecular weight is 158 g/mol. The van der Waals surface area contributed by atoms with Gasteiger partial charge in [0.15, 0.2) is 0 Å². The van der Waals surface area contributed by atoms with Crippen LogP contribution >= 0.6 is 0 Å². The smallest absolute Gasteiger partial charge is 0.325 e. The predicted molar refractivity (Wildman–Crippen MR) is 52.4 cm³/mol. The summed E-state index contributed by atoms with van der Waals surface area (Å²) in [4.78, 5) is 0. The average Bonchev–Trinajstić information content (AvgIpc) is 2.03. The Labute approximate surface area is 89.3 Å². The topological polar surface area (TPSA) is 0 Å². The van der Waals surface area contributed by atoms with Gasteiger partial charge in [0, 0.05) is 0 Å². The van der Waals surface area contributed by atoms with E-state index in [9.17, 15) is 0 Å². The third-order valence-electron chi connectivity index (χ3n) is 1.59. The second-order valence-electron chi connectivity index (χ2n) is 2.68. The van der Waals surface area contributed by atoms with Gasteiger partial charge in [-0.1, -0.05) is 44.9 Å². The van der Waals surface area contributed by atoms with Crippen molar-refractivity contribution in [3.05, 3.63) is 31.2 Å². The minimum Gasteiger partial charge on any atom is -0.325 e. The van der Waals surface area contributed by atoms with Crippen molar-refractivity contribution in [1.29, 1.82) is 0 Å². The predicted octanol–water partition coefficient (Wildman–Crippen LogP) is 0.907. The van der Waals surface area contributed by atoms with E-state index in [0.29, 0.717) is 0 Å². The summed E-state index contributed by atoms with van der Waals surface area (Å²) in [5, 5.41) is 0. The molecule has 0 heterocycles. The first-order chi connectivity index (χ1) is 5.41. The summed E-state index contributed by atoms with van der Waals surface area (Å²) in [6, 6.07) is 0. The molecule has 0 aromatic carbocycles. The second kappa shape index (κ2) is 13.7. The number of allylic oxidation sites excluding steroid dienone is 3. The van der Waals surface area contributed by atoms with Gasteiger partial charge < -0.3 is 6.42 Å². The summed E-state index contributed by atoms with van der Waals surface area (Å²) in [7, 11) is 0. The van der Waals surface area contributed by atoms with Crippen LogP contribution in [0.1, 0.15) is 39.0 Å². The maximum atomic E-state index is 3.61. The molecule has 0 radical (unpaired) electrons. The fourth-order valence-corrected chi connectivity index (χ4v) is 0.928. The van der Waals surface area contributed by atoms with Crippen molar-refractivity contribution in [1.82, 2.24) is 0 Å². The summed E-state index contributed by atoms with van der Waals surface area (Å²) in [5.74, 6) is 0. The molecular formula is C11H19Li. The van der Waals surface area contributed by atoms with Crippen molar-refractivity contribution >= 4 is 0 Å². The van der Waals surface area contributed by atoms with Crippen LogP contribution in [-0.4, -0.2) is 0 Å². The Kier molecular flexibility index (Phi) is 16.6. The maximum Gasteiger partial charge on any atom is 1.00 e. The zero-order valence-electron chi connectivity index (χ0n) is 8.55. The van der Waals surface area contributed by atoms with Crippen LogP contribution in [0.15, 0.2) is 24.8 Å². The quantitative estimate of drug-likeness (QED) is 0.223. The molecule has 0 aromatic rings. The molecule has 0 saturated carbocycles. The van der Waals surface area contributed by atoms with Gasteiger partial charge in [0.1, 0.15) is 0 Å². The molecule has 0 nitrogen and oxygen atoms in total. The summed E-state index contributed by atoms with van der Waals surface area (Å²) in [6.07, 6.45) is 14.7. The summed E-state index contributed by atoms with van der Waals surface area (Å²) < 4.78 is 0. The van der Waals surface area contributed by atoms with Gasteiger partial charge in [0.05, 0.1) is 0 Å². The van der Waals surface area contributed by atoms with Gasteiger partial charge in [0.2, 0.25) is 0 Å². The van der Waals surface area contributed by atoms with Gasteiger partial charge in [-0.2, -0.15) is 12.8 Å². The van der Waals surface area contributed by atoms with E-state index >= 15 is 0 Å². The second-order valence-corrected chi connectivity index (χ2v) is 2.68. The first-order valence-electron chi connectivity index (χ1n) is 4.51. The first kappa shape index (κ1) is 14.6. The fourth-order valence-electron chi connectivity index (χ4n) is 0.928. The largest absolute Gasteiger partial charge is 1.00 e. The van der Waals surface area contributed by atoms with Gasteiger partial charge in [-0.3, -0.25) is 0 Å². The van der Waals surface area contributed by atoms with Gasteiger partial charge in [-0.25, -0.2) is 0 Å². The molecule has 0 atom stereocenters. The van der Waals surface area contributed by atoms with Crippen molar-refractivity contribution < 1.29 is 18.9 Å². The molecular weight excluding hydrogens is 139 g/mol. The van der Waals surface area contributed by atoms with E-state index in [1.165, 1.54) is 25.7 Å². The molecule has 1 heteroatoms. The maximum absolute atomic E-state index is 3.61.